The molecule has 0 bridgehead atoms. The summed E-state index contributed by atoms with van der Waals surface area (Å²) in [4.78, 5) is 0. The molecule has 2 heteroatoms. The Hall–Kier alpha value is -0.0800. The molecule has 0 heterocycles. The summed E-state index contributed by atoms with van der Waals surface area (Å²) in [5, 5.41) is 9.15. The highest BCUT2D eigenvalue weighted by molar-refractivity contribution is 4.73. The highest BCUT2D eigenvalue weighted by Gasteiger charge is 2.21. The van der Waals surface area contributed by atoms with Crippen molar-refractivity contribution in [3.05, 3.63) is 0 Å². The summed E-state index contributed by atoms with van der Waals surface area (Å²) in [6.07, 6.45) is 7.71. The van der Waals surface area contributed by atoms with Gasteiger partial charge in [0.25, 0.3) is 0 Å². The standard InChI is InChI=1S/C10H21NO/c11-7-6-10(8-12)9-4-2-1-3-5-9/h9-10,12H,1-8,11H2. The Labute approximate surface area is 75.2 Å². The third kappa shape index (κ3) is 2.76. The zero-order valence-electron chi connectivity index (χ0n) is 7.84. The first-order valence-corrected chi connectivity index (χ1v) is 5.19. The van der Waals surface area contributed by atoms with E-state index in [-0.39, 0.29) is 0 Å². The molecule has 0 aromatic heterocycles. The fourth-order valence-electron chi connectivity index (χ4n) is 2.30. The molecule has 12 heavy (non-hydrogen) atoms. The van der Waals surface area contributed by atoms with Crippen LogP contribution in [-0.4, -0.2) is 18.3 Å². The van der Waals surface area contributed by atoms with Gasteiger partial charge < -0.3 is 10.8 Å². The first-order valence-electron chi connectivity index (χ1n) is 5.19. The lowest BCUT2D eigenvalue weighted by atomic mass is 9.79. The number of aliphatic hydroxyl groups is 1. The molecular formula is C10H21NO. The Bertz CT molecular complexity index is 108. The molecule has 1 atom stereocenters. The van der Waals surface area contributed by atoms with Crippen LogP contribution >= 0.6 is 0 Å². The van der Waals surface area contributed by atoms with Gasteiger partial charge >= 0.3 is 0 Å². The normalized spacial score (nSPS) is 22.5. The van der Waals surface area contributed by atoms with Crippen LogP contribution < -0.4 is 5.73 Å². The molecule has 0 spiro atoms. The Balaban J connectivity index is 2.29. The van der Waals surface area contributed by atoms with Gasteiger partial charge in [0.1, 0.15) is 0 Å². The number of hydrogen-bond acceptors (Lipinski definition) is 2. The summed E-state index contributed by atoms with van der Waals surface area (Å²) in [6, 6.07) is 0. The first-order chi connectivity index (χ1) is 5.88. The van der Waals surface area contributed by atoms with Crippen LogP contribution in [0.1, 0.15) is 38.5 Å². The first kappa shape index (κ1) is 10.0. The molecule has 3 N–H and O–H groups in total. The minimum absolute atomic E-state index is 0.335. The molecule has 0 saturated heterocycles. The van der Waals surface area contributed by atoms with E-state index in [1.54, 1.807) is 0 Å². The van der Waals surface area contributed by atoms with Gasteiger partial charge in [-0.3, -0.25) is 0 Å². The summed E-state index contributed by atoms with van der Waals surface area (Å²) < 4.78 is 0. The van der Waals surface area contributed by atoms with Crippen molar-refractivity contribution < 1.29 is 5.11 Å². The Morgan fingerprint density at radius 1 is 1.25 bits per heavy atom. The van der Waals surface area contributed by atoms with E-state index >= 15 is 0 Å². The maximum absolute atomic E-state index is 9.15. The van der Waals surface area contributed by atoms with E-state index in [1.165, 1.54) is 32.1 Å². The summed E-state index contributed by atoms with van der Waals surface area (Å²) in [5.74, 6) is 1.24. The van der Waals surface area contributed by atoms with Crippen molar-refractivity contribution in [2.45, 2.75) is 38.5 Å². The molecule has 0 aromatic rings. The molecule has 1 fully saturated rings. The Kier molecular flexibility index (Phi) is 4.62. The van der Waals surface area contributed by atoms with E-state index in [9.17, 15) is 0 Å². The van der Waals surface area contributed by atoms with Gasteiger partial charge in [-0.1, -0.05) is 32.1 Å². The van der Waals surface area contributed by atoms with Crippen LogP contribution in [0.3, 0.4) is 0 Å². The van der Waals surface area contributed by atoms with Gasteiger partial charge in [0, 0.05) is 6.61 Å². The van der Waals surface area contributed by atoms with Crippen molar-refractivity contribution in [1.29, 1.82) is 0 Å². The van der Waals surface area contributed by atoms with Crippen LogP contribution in [-0.2, 0) is 0 Å². The zero-order chi connectivity index (χ0) is 8.81. The highest BCUT2D eigenvalue weighted by Crippen LogP contribution is 2.31. The molecule has 1 aliphatic carbocycles. The van der Waals surface area contributed by atoms with Crippen molar-refractivity contribution in [3.8, 4) is 0 Å². The summed E-state index contributed by atoms with van der Waals surface area (Å²) >= 11 is 0. The lowest BCUT2D eigenvalue weighted by molar-refractivity contribution is 0.142. The fourth-order valence-corrected chi connectivity index (χ4v) is 2.30. The van der Waals surface area contributed by atoms with Crippen LogP contribution in [0.5, 0.6) is 0 Å². The van der Waals surface area contributed by atoms with Crippen molar-refractivity contribution in [1.82, 2.24) is 0 Å². The Morgan fingerprint density at radius 2 is 1.92 bits per heavy atom. The van der Waals surface area contributed by atoms with E-state index in [0.717, 1.165) is 18.9 Å². The van der Waals surface area contributed by atoms with Gasteiger partial charge in [-0.05, 0) is 24.8 Å². The van der Waals surface area contributed by atoms with Crippen molar-refractivity contribution in [2.75, 3.05) is 13.2 Å². The summed E-state index contributed by atoms with van der Waals surface area (Å²) in [6.45, 7) is 1.06. The van der Waals surface area contributed by atoms with Crippen LogP contribution in [0.15, 0.2) is 0 Å². The molecule has 72 valence electrons. The number of aliphatic hydroxyl groups excluding tert-OH is 1. The van der Waals surface area contributed by atoms with Crippen molar-refractivity contribution in [2.24, 2.45) is 17.6 Å². The lowest BCUT2D eigenvalue weighted by Gasteiger charge is -2.28. The third-order valence-electron chi connectivity index (χ3n) is 3.09. The van der Waals surface area contributed by atoms with E-state index < -0.39 is 0 Å². The molecule has 1 rings (SSSR count). The predicted molar refractivity (Wildman–Crippen MR) is 50.8 cm³/mol. The van der Waals surface area contributed by atoms with E-state index in [4.69, 9.17) is 10.8 Å². The van der Waals surface area contributed by atoms with Gasteiger partial charge in [0.15, 0.2) is 0 Å². The van der Waals surface area contributed by atoms with Crippen molar-refractivity contribution in [3.63, 3.8) is 0 Å². The van der Waals surface area contributed by atoms with E-state index in [1.807, 2.05) is 0 Å². The van der Waals surface area contributed by atoms with Gasteiger partial charge in [-0.15, -0.1) is 0 Å². The largest absolute Gasteiger partial charge is 0.396 e. The van der Waals surface area contributed by atoms with Crippen LogP contribution in [0.2, 0.25) is 0 Å². The smallest absolute Gasteiger partial charge is 0.0462 e. The van der Waals surface area contributed by atoms with E-state index in [0.29, 0.717) is 12.5 Å². The molecule has 0 amide bonds. The second-order valence-electron chi connectivity index (χ2n) is 3.92. The monoisotopic (exact) mass is 171 g/mol. The van der Waals surface area contributed by atoms with Crippen LogP contribution in [0.4, 0.5) is 0 Å². The number of nitrogens with two attached hydrogens (primary N) is 1. The predicted octanol–water partition coefficient (Wildman–Crippen LogP) is 1.52. The maximum atomic E-state index is 9.15. The fraction of sp³-hybridized carbons (Fsp3) is 1.00. The van der Waals surface area contributed by atoms with Gasteiger partial charge in [0.05, 0.1) is 0 Å². The molecule has 1 saturated carbocycles. The molecule has 0 aliphatic heterocycles. The highest BCUT2D eigenvalue weighted by atomic mass is 16.3. The second kappa shape index (κ2) is 5.55. The SMILES string of the molecule is NCCC(CO)C1CCCCC1. The Morgan fingerprint density at radius 3 is 2.42 bits per heavy atom. The van der Waals surface area contributed by atoms with E-state index in [2.05, 4.69) is 0 Å². The molecule has 0 radical (unpaired) electrons. The van der Waals surface area contributed by atoms with Crippen LogP contribution in [0, 0.1) is 11.8 Å². The number of hydrogen-bond donors (Lipinski definition) is 2. The van der Waals surface area contributed by atoms with Gasteiger partial charge in [-0.25, -0.2) is 0 Å². The van der Waals surface area contributed by atoms with Crippen molar-refractivity contribution >= 4 is 0 Å². The summed E-state index contributed by atoms with van der Waals surface area (Å²) in [7, 11) is 0. The molecule has 1 aliphatic rings. The van der Waals surface area contributed by atoms with Crippen LogP contribution in [0.25, 0.3) is 0 Å². The van der Waals surface area contributed by atoms with Gasteiger partial charge in [0.2, 0.25) is 0 Å². The second-order valence-corrected chi connectivity index (χ2v) is 3.92. The average molecular weight is 171 g/mol. The number of rotatable bonds is 4. The molecule has 2 nitrogen and oxygen atoms in total. The third-order valence-corrected chi connectivity index (χ3v) is 3.09. The molecule has 0 aromatic carbocycles. The lowest BCUT2D eigenvalue weighted by Crippen LogP contribution is -2.23. The summed E-state index contributed by atoms with van der Waals surface area (Å²) in [5.41, 5.74) is 5.50. The molecule has 1 unspecified atom stereocenters. The minimum atomic E-state index is 0.335. The molecular weight excluding hydrogens is 150 g/mol. The quantitative estimate of drug-likeness (QED) is 0.673. The van der Waals surface area contributed by atoms with Gasteiger partial charge in [-0.2, -0.15) is 0 Å². The maximum Gasteiger partial charge on any atom is 0.0462 e. The average Bonchev–Trinajstić information content (AvgIpc) is 2.15. The zero-order valence-corrected chi connectivity index (χ0v) is 7.84. The topological polar surface area (TPSA) is 46.2 Å². The minimum Gasteiger partial charge on any atom is -0.396 e.